The Labute approximate surface area is 141 Å². The second kappa shape index (κ2) is 8.05. The molecule has 0 radical (unpaired) electrons. The zero-order valence-corrected chi connectivity index (χ0v) is 14.2. The number of ether oxygens (including phenoxy) is 1. The van der Waals surface area contributed by atoms with Gasteiger partial charge in [-0.2, -0.15) is 5.11 Å². The molecule has 1 aromatic heterocycles. The van der Waals surface area contributed by atoms with E-state index in [2.05, 4.69) is 15.1 Å². The van der Waals surface area contributed by atoms with E-state index < -0.39 is 0 Å². The molecule has 0 amide bonds. The van der Waals surface area contributed by atoms with Crippen LogP contribution in [-0.4, -0.2) is 28.5 Å². The summed E-state index contributed by atoms with van der Waals surface area (Å²) in [6.07, 6.45) is 3.46. The Morgan fingerprint density at radius 3 is 2.67 bits per heavy atom. The van der Waals surface area contributed by atoms with Crippen molar-refractivity contribution < 1.29 is 4.74 Å². The first kappa shape index (κ1) is 17.4. The SMILES string of the molecule is Cc1ccc(OCC(=CN(C)Cc2cnc(C)nc2N)N=N)cc1. The van der Waals surface area contributed by atoms with Crippen LogP contribution in [0, 0.1) is 19.4 Å². The largest absolute Gasteiger partial charge is 0.487 e. The predicted octanol–water partition coefficient (Wildman–Crippen LogP) is 3.06. The summed E-state index contributed by atoms with van der Waals surface area (Å²) in [6.45, 7) is 4.55. The highest BCUT2D eigenvalue weighted by Crippen LogP contribution is 2.14. The quantitative estimate of drug-likeness (QED) is 0.762. The topological polar surface area (TPSA) is 100 Å². The molecular weight excluding hydrogens is 304 g/mol. The molecule has 2 aromatic rings. The monoisotopic (exact) mass is 326 g/mol. The van der Waals surface area contributed by atoms with Gasteiger partial charge in [0.15, 0.2) is 0 Å². The van der Waals surface area contributed by atoms with Crippen molar-refractivity contribution in [2.75, 3.05) is 19.4 Å². The summed E-state index contributed by atoms with van der Waals surface area (Å²) in [6, 6.07) is 7.74. The van der Waals surface area contributed by atoms with E-state index in [0.717, 1.165) is 11.3 Å². The van der Waals surface area contributed by atoms with Gasteiger partial charge < -0.3 is 15.4 Å². The fourth-order valence-electron chi connectivity index (χ4n) is 2.09. The molecule has 0 aliphatic carbocycles. The minimum Gasteiger partial charge on any atom is -0.487 e. The van der Waals surface area contributed by atoms with Crippen molar-refractivity contribution in [2.45, 2.75) is 20.4 Å². The van der Waals surface area contributed by atoms with Gasteiger partial charge in [0.25, 0.3) is 0 Å². The molecule has 126 valence electrons. The summed E-state index contributed by atoms with van der Waals surface area (Å²) in [5.41, 5.74) is 15.7. The number of aromatic nitrogens is 2. The van der Waals surface area contributed by atoms with Crippen molar-refractivity contribution in [1.82, 2.24) is 14.9 Å². The minimum absolute atomic E-state index is 0.219. The van der Waals surface area contributed by atoms with Crippen LogP contribution in [0.25, 0.3) is 0 Å². The Hall–Kier alpha value is -2.96. The first-order valence-corrected chi connectivity index (χ1v) is 7.54. The van der Waals surface area contributed by atoms with Gasteiger partial charge in [-0.25, -0.2) is 15.5 Å². The normalized spacial score (nSPS) is 11.2. The van der Waals surface area contributed by atoms with E-state index in [1.165, 1.54) is 5.56 Å². The van der Waals surface area contributed by atoms with Crippen LogP contribution in [0.2, 0.25) is 0 Å². The molecule has 24 heavy (non-hydrogen) atoms. The molecule has 1 aromatic carbocycles. The van der Waals surface area contributed by atoms with Crippen molar-refractivity contribution in [2.24, 2.45) is 5.11 Å². The van der Waals surface area contributed by atoms with Crippen molar-refractivity contribution in [1.29, 1.82) is 5.53 Å². The zero-order valence-electron chi connectivity index (χ0n) is 14.2. The van der Waals surface area contributed by atoms with Gasteiger partial charge in [-0.05, 0) is 26.0 Å². The number of nitrogen functional groups attached to an aromatic ring is 1. The molecule has 0 fully saturated rings. The van der Waals surface area contributed by atoms with E-state index >= 15 is 0 Å². The molecule has 0 saturated heterocycles. The average Bonchev–Trinajstić information content (AvgIpc) is 2.55. The molecule has 0 aliphatic rings. The molecule has 7 heteroatoms. The molecule has 7 nitrogen and oxygen atoms in total. The summed E-state index contributed by atoms with van der Waals surface area (Å²) < 4.78 is 5.65. The van der Waals surface area contributed by atoms with Crippen LogP contribution < -0.4 is 10.5 Å². The van der Waals surface area contributed by atoms with Crippen LogP contribution in [0.5, 0.6) is 5.75 Å². The second-order valence-corrected chi connectivity index (χ2v) is 5.58. The third kappa shape index (κ3) is 5.05. The van der Waals surface area contributed by atoms with Crippen molar-refractivity contribution in [3.63, 3.8) is 0 Å². The molecule has 0 bridgehead atoms. The zero-order chi connectivity index (χ0) is 17.5. The maximum atomic E-state index is 7.30. The molecule has 0 saturated carbocycles. The van der Waals surface area contributed by atoms with E-state index in [1.807, 2.05) is 43.1 Å². The molecular formula is C17H22N6O. The van der Waals surface area contributed by atoms with Gasteiger partial charge in [0.05, 0.1) is 0 Å². The first-order chi connectivity index (χ1) is 11.5. The fraction of sp³-hybridized carbons (Fsp3) is 0.294. The Bertz CT molecular complexity index is 726. The fourth-order valence-corrected chi connectivity index (χ4v) is 2.09. The van der Waals surface area contributed by atoms with Gasteiger partial charge >= 0.3 is 0 Å². The van der Waals surface area contributed by atoms with Crippen LogP contribution in [0.15, 0.2) is 47.5 Å². The highest BCUT2D eigenvalue weighted by Gasteiger charge is 2.06. The van der Waals surface area contributed by atoms with Crippen molar-refractivity contribution >= 4 is 5.82 Å². The number of rotatable bonds is 7. The predicted molar refractivity (Wildman–Crippen MR) is 92.6 cm³/mol. The van der Waals surface area contributed by atoms with Crippen LogP contribution >= 0.6 is 0 Å². The third-order valence-corrected chi connectivity index (χ3v) is 3.36. The van der Waals surface area contributed by atoms with Crippen LogP contribution in [0.4, 0.5) is 5.82 Å². The number of nitrogens with zero attached hydrogens (tertiary/aromatic N) is 4. The molecule has 0 aliphatic heterocycles. The summed E-state index contributed by atoms with van der Waals surface area (Å²) in [7, 11) is 1.87. The lowest BCUT2D eigenvalue weighted by Crippen LogP contribution is -2.15. The van der Waals surface area contributed by atoms with Gasteiger partial charge in [-0.3, -0.25) is 0 Å². The van der Waals surface area contributed by atoms with Crippen LogP contribution in [-0.2, 0) is 6.54 Å². The molecule has 2 rings (SSSR count). The molecule has 3 N–H and O–H groups in total. The number of hydrogen-bond donors (Lipinski definition) is 2. The number of nitrogens with one attached hydrogen (secondary N) is 1. The van der Waals surface area contributed by atoms with E-state index in [4.69, 9.17) is 16.0 Å². The molecule has 0 unspecified atom stereocenters. The average molecular weight is 326 g/mol. The van der Waals surface area contributed by atoms with Crippen molar-refractivity contribution in [3.8, 4) is 5.75 Å². The number of nitrogens with two attached hydrogens (primary N) is 1. The Morgan fingerprint density at radius 2 is 2.04 bits per heavy atom. The Kier molecular flexibility index (Phi) is 5.83. The highest BCUT2D eigenvalue weighted by atomic mass is 16.5. The number of hydrogen-bond acceptors (Lipinski definition) is 7. The lowest BCUT2D eigenvalue weighted by atomic mass is 10.2. The maximum Gasteiger partial charge on any atom is 0.134 e. The van der Waals surface area contributed by atoms with E-state index in [9.17, 15) is 0 Å². The van der Waals surface area contributed by atoms with Gasteiger partial charge in [0, 0.05) is 31.6 Å². The lowest BCUT2D eigenvalue weighted by Gasteiger charge is -2.16. The van der Waals surface area contributed by atoms with Crippen LogP contribution in [0.3, 0.4) is 0 Å². The van der Waals surface area contributed by atoms with Crippen LogP contribution in [0.1, 0.15) is 17.0 Å². The van der Waals surface area contributed by atoms with Crippen molar-refractivity contribution in [3.05, 3.63) is 59.3 Å². The maximum absolute atomic E-state index is 7.30. The number of aryl methyl sites for hydroxylation is 2. The van der Waals surface area contributed by atoms with Gasteiger partial charge in [0.2, 0.25) is 0 Å². The third-order valence-electron chi connectivity index (χ3n) is 3.36. The number of anilines is 1. The van der Waals surface area contributed by atoms with E-state index in [-0.39, 0.29) is 6.61 Å². The van der Waals surface area contributed by atoms with E-state index in [0.29, 0.717) is 23.9 Å². The first-order valence-electron chi connectivity index (χ1n) is 7.54. The Morgan fingerprint density at radius 1 is 1.33 bits per heavy atom. The van der Waals surface area contributed by atoms with Gasteiger partial charge in [-0.15, -0.1) is 0 Å². The van der Waals surface area contributed by atoms with Gasteiger partial charge in [0.1, 0.15) is 29.7 Å². The minimum atomic E-state index is 0.219. The summed E-state index contributed by atoms with van der Waals surface area (Å²) in [5, 5.41) is 3.52. The standard InChI is InChI=1S/C17H22N6O/c1-12-4-6-16(7-5-12)24-11-15(22-19)10-23(3)9-14-8-20-13(2)21-17(14)18/h4-8,10,19H,9,11H2,1-3H3,(H2,18,20,21). The second-order valence-electron chi connectivity index (χ2n) is 5.58. The van der Waals surface area contributed by atoms with Gasteiger partial charge in [-0.1, -0.05) is 17.7 Å². The lowest BCUT2D eigenvalue weighted by molar-refractivity contribution is 0.341. The summed E-state index contributed by atoms with van der Waals surface area (Å²) in [5.74, 6) is 1.85. The Balaban J connectivity index is 1.97. The highest BCUT2D eigenvalue weighted by molar-refractivity contribution is 5.37. The number of benzene rings is 1. The smallest absolute Gasteiger partial charge is 0.134 e. The summed E-state index contributed by atoms with van der Waals surface area (Å²) >= 11 is 0. The van der Waals surface area contributed by atoms with E-state index in [1.54, 1.807) is 19.3 Å². The molecule has 0 spiro atoms. The molecule has 0 atom stereocenters. The molecule has 1 heterocycles. The summed E-state index contributed by atoms with van der Waals surface area (Å²) in [4.78, 5) is 10.2.